The molecule has 0 unspecified atom stereocenters. The van der Waals surface area contributed by atoms with Crippen molar-refractivity contribution in [3.8, 4) is 0 Å². The molecule has 0 fully saturated rings. The molecule has 1 rings (SSSR count). The number of unbranched alkanes of at least 4 members (excludes halogenated alkanes) is 1. The molecular weight excluding hydrogens is 460 g/mol. The summed E-state index contributed by atoms with van der Waals surface area (Å²) in [5.74, 6) is 0.837. The first-order valence-corrected chi connectivity index (χ1v) is 8.89. The van der Waals surface area contributed by atoms with E-state index < -0.39 is 0 Å². The Hall–Kier alpha value is -0.240. The number of benzene rings is 1. The highest BCUT2D eigenvalue weighted by Crippen LogP contribution is 2.21. The van der Waals surface area contributed by atoms with Gasteiger partial charge in [-0.15, -0.1) is 24.0 Å². The number of hydrogen-bond acceptors (Lipinski definition) is 2. The first-order valence-electron chi connectivity index (χ1n) is 8.13. The van der Waals surface area contributed by atoms with Gasteiger partial charge in [0.2, 0.25) is 0 Å². The summed E-state index contributed by atoms with van der Waals surface area (Å²) in [4.78, 5) is 4.22. The number of ether oxygens (including phenoxy) is 1. The molecule has 0 aromatic heterocycles. The van der Waals surface area contributed by atoms with Crippen LogP contribution in [0.1, 0.15) is 31.7 Å². The van der Waals surface area contributed by atoms with E-state index in [-0.39, 0.29) is 24.0 Å². The summed E-state index contributed by atoms with van der Waals surface area (Å²) in [5.41, 5.74) is 1.12. The van der Waals surface area contributed by atoms with Gasteiger partial charge in [-0.25, -0.2) is 0 Å². The summed E-state index contributed by atoms with van der Waals surface area (Å²) < 4.78 is 5.31. The number of nitrogens with one attached hydrogen (secondary N) is 2. The molecule has 0 amide bonds. The Morgan fingerprint density at radius 3 is 2.46 bits per heavy atom. The second-order valence-corrected chi connectivity index (χ2v) is 6.01. The number of hydrogen-bond donors (Lipinski definition) is 2. The third-order valence-corrected chi connectivity index (χ3v) is 3.95. The van der Waals surface area contributed by atoms with E-state index in [9.17, 15) is 0 Å². The number of guanidine groups is 1. The molecule has 7 heteroatoms. The zero-order chi connectivity index (χ0) is 16.9. The smallest absolute Gasteiger partial charge is 0.190 e. The minimum Gasteiger partial charge on any atom is -0.382 e. The fourth-order valence-electron chi connectivity index (χ4n) is 2.11. The van der Waals surface area contributed by atoms with Gasteiger partial charge in [-0.05, 0) is 50.3 Å². The molecule has 0 atom stereocenters. The summed E-state index contributed by atoms with van der Waals surface area (Å²) in [5, 5.41) is 8.02. The van der Waals surface area contributed by atoms with Crippen LogP contribution in [-0.4, -0.2) is 39.3 Å². The molecular formula is C17H28Cl2IN3O. The molecule has 4 nitrogen and oxygen atoms in total. The van der Waals surface area contributed by atoms with E-state index in [4.69, 9.17) is 27.9 Å². The molecule has 0 radical (unpaired) electrons. The van der Waals surface area contributed by atoms with Crippen molar-refractivity contribution in [1.29, 1.82) is 0 Å². The Balaban J connectivity index is 0.00000529. The van der Waals surface area contributed by atoms with Crippen molar-refractivity contribution >= 4 is 53.1 Å². The molecule has 2 N–H and O–H groups in total. The zero-order valence-electron chi connectivity index (χ0n) is 14.4. The standard InChI is InChI=1S/C17H27Cl2N3O.HI/c1-3-23-12-5-4-10-21-17(20-2)22-11-6-7-14-8-9-15(18)13-16(14)19;/h8-9,13H,3-7,10-12H2,1-2H3,(H2,20,21,22);1H. The lowest BCUT2D eigenvalue weighted by atomic mass is 10.1. The summed E-state index contributed by atoms with van der Waals surface area (Å²) in [6.07, 6.45) is 4.02. The van der Waals surface area contributed by atoms with E-state index in [0.29, 0.717) is 5.02 Å². The number of aryl methyl sites for hydroxylation is 1. The highest BCUT2D eigenvalue weighted by Gasteiger charge is 2.02. The molecule has 0 saturated carbocycles. The van der Waals surface area contributed by atoms with Crippen LogP contribution in [0, 0.1) is 0 Å². The van der Waals surface area contributed by atoms with Crippen LogP contribution < -0.4 is 10.6 Å². The highest BCUT2D eigenvalue weighted by molar-refractivity contribution is 14.0. The number of halogens is 3. The highest BCUT2D eigenvalue weighted by atomic mass is 127. The average molecular weight is 488 g/mol. The van der Waals surface area contributed by atoms with Crippen molar-refractivity contribution in [2.45, 2.75) is 32.6 Å². The Labute approximate surface area is 172 Å². The Bertz CT molecular complexity index is 487. The molecule has 0 aliphatic rings. The molecule has 0 saturated heterocycles. The summed E-state index contributed by atoms with van der Waals surface area (Å²) in [7, 11) is 1.78. The quantitative estimate of drug-likeness (QED) is 0.220. The molecule has 0 spiro atoms. The van der Waals surface area contributed by atoms with Crippen LogP contribution in [-0.2, 0) is 11.2 Å². The molecule has 138 valence electrons. The van der Waals surface area contributed by atoms with Gasteiger partial charge in [-0.1, -0.05) is 29.3 Å². The van der Waals surface area contributed by atoms with Crippen LogP contribution in [0.5, 0.6) is 0 Å². The largest absolute Gasteiger partial charge is 0.382 e. The summed E-state index contributed by atoms with van der Waals surface area (Å²) in [6, 6.07) is 5.64. The van der Waals surface area contributed by atoms with E-state index in [2.05, 4.69) is 15.6 Å². The first kappa shape index (κ1) is 23.8. The minimum absolute atomic E-state index is 0. The molecule has 0 aliphatic carbocycles. The fourth-order valence-corrected chi connectivity index (χ4v) is 2.61. The van der Waals surface area contributed by atoms with E-state index in [1.807, 2.05) is 19.1 Å². The topological polar surface area (TPSA) is 45.6 Å². The molecule has 24 heavy (non-hydrogen) atoms. The number of rotatable bonds is 10. The van der Waals surface area contributed by atoms with E-state index in [1.54, 1.807) is 13.1 Å². The predicted octanol–water partition coefficient (Wildman–Crippen LogP) is 4.53. The number of aliphatic imine (C=N–C) groups is 1. The van der Waals surface area contributed by atoms with Crippen LogP contribution in [0.4, 0.5) is 0 Å². The lowest BCUT2D eigenvalue weighted by molar-refractivity contribution is 0.143. The Morgan fingerprint density at radius 1 is 1.12 bits per heavy atom. The fraction of sp³-hybridized carbons (Fsp3) is 0.588. The Morgan fingerprint density at radius 2 is 1.83 bits per heavy atom. The van der Waals surface area contributed by atoms with Crippen LogP contribution in [0.2, 0.25) is 10.0 Å². The molecule has 0 aliphatic heterocycles. The van der Waals surface area contributed by atoms with E-state index in [1.165, 1.54) is 0 Å². The van der Waals surface area contributed by atoms with Gasteiger partial charge in [-0.3, -0.25) is 4.99 Å². The van der Waals surface area contributed by atoms with Crippen molar-refractivity contribution in [1.82, 2.24) is 10.6 Å². The second-order valence-electron chi connectivity index (χ2n) is 5.17. The lowest BCUT2D eigenvalue weighted by Gasteiger charge is -2.12. The van der Waals surface area contributed by atoms with Crippen LogP contribution in [0.25, 0.3) is 0 Å². The zero-order valence-corrected chi connectivity index (χ0v) is 18.3. The van der Waals surface area contributed by atoms with Crippen LogP contribution in [0.15, 0.2) is 23.2 Å². The SMILES string of the molecule is CCOCCCCNC(=NC)NCCCc1ccc(Cl)cc1Cl.I. The van der Waals surface area contributed by atoms with Gasteiger partial charge in [-0.2, -0.15) is 0 Å². The number of nitrogens with zero attached hydrogens (tertiary/aromatic N) is 1. The third kappa shape index (κ3) is 10.6. The molecule has 0 heterocycles. The average Bonchev–Trinajstić information content (AvgIpc) is 2.54. The van der Waals surface area contributed by atoms with Crippen molar-refractivity contribution in [2.75, 3.05) is 33.4 Å². The maximum Gasteiger partial charge on any atom is 0.190 e. The maximum absolute atomic E-state index is 6.17. The van der Waals surface area contributed by atoms with Crippen LogP contribution in [0.3, 0.4) is 0 Å². The van der Waals surface area contributed by atoms with Gasteiger partial charge < -0.3 is 15.4 Å². The Kier molecular flexibility index (Phi) is 14.9. The van der Waals surface area contributed by atoms with Crippen molar-refractivity contribution in [3.05, 3.63) is 33.8 Å². The van der Waals surface area contributed by atoms with Crippen molar-refractivity contribution in [3.63, 3.8) is 0 Å². The van der Waals surface area contributed by atoms with Crippen molar-refractivity contribution in [2.24, 2.45) is 4.99 Å². The van der Waals surface area contributed by atoms with Crippen molar-refractivity contribution < 1.29 is 4.74 Å². The third-order valence-electron chi connectivity index (χ3n) is 3.37. The maximum atomic E-state index is 6.17. The van der Waals surface area contributed by atoms with Gasteiger partial charge in [0.05, 0.1) is 0 Å². The van der Waals surface area contributed by atoms with Gasteiger partial charge in [0.25, 0.3) is 0 Å². The van der Waals surface area contributed by atoms with E-state index in [0.717, 1.165) is 68.5 Å². The molecule has 1 aromatic rings. The van der Waals surface area contributed by atoms with E-state index >= 15 is 0 Å². The second kappa shape index (κ2) is 15.0. The molecule has 1 aromatic carbocycles. The molecule has 0 bridgehead atoms. The summed E-state index contributed by atoms with van der Waals surface area (Å²) >= 11 is 12.1. The van der Waals surface area contributed by atoms with Gasteiger partial charge in [0.15, 0.2) is 5.96 Å². The summed E-state index contributed by atoms with van der Waals surface area (Å²) in [6.45, 7) is 5.37. The first-order chi connectivity index (χ1) is 11.2. The predicted molar refractivity (Wildman–Crippen MR) is 115 cm³/mol. The van der Waals surface area contributed by atoms with Gasteiger partial charge in [0.1, 0.15) is 0 Å². The van der Waals surface area contributed by atoms with Crippen LogP contribution >= 0.6 is 47.2 Å². The van der Waals surface area contributed by atoms with Gasteiger partial charge >= 0.3 is 0 Å². The monoisotopic (exact) mass is 487 g/mol. The minimum atomic E-state index is 0. The lowest BCUT2D eigenvalue weighted by Crippen LogP contribution is -2.38. The van der Waals surface area contributed by atoms with Gasteiger partial charge in [0, 0.05) is 43.4 Å². The normalized spacial score (nSPS) is 11.1.